The Morgan fingerprint density at radius 1 is 0.895 bits per heavy atom. The molecule has 0 heterocycles. The third-order valence-corrected chi connectivity index (χ3v) is 3.74. The van der Waals surface area contributed by atoms with Gasteiger partial charge in [-0.1, -0.05) is 46.5 Å². The van der Waals surface area contributed by atoms with Gasteiger partial charge in [0.15, 0.2) is 0 Å². The van der Waals surface area contributed by atoms with Crippen LogP contribution >= 0.6 is 0 Å². The third kappa shape index (κ3) is 6.26. The van der Waals surface area contributed by atoms with Crippen LogP contribution in [0.15, 0.2) is 48.5 Å². The molecule has 0 spiro atoms. The molecule has 2 atom stereocenters. The molecular weight excluding hydrogens is 275 g/mol. The molecule has 0 aromatic heterocycles. The van der Waals surface area contributed by atoms with Crippen molar-refractivity contribution in [2.24, 2.45) is 0 Å². The van der Waals surface area contributed by atoms with E-state index in [0.717, 1.165) is 11.8 Å². The van der Waals surface area contributed by atoms with E-state index in [9.17, 15) is 0 Å². The van der Waals surface area contributed by atoms with E-state index in [-0.39, 0.29) is 16.8 Å². The van der Waals surface area contributed by atoms with Crippen LogP contribution < -0.4 is 0 Å². The minimum Gasteiger partial charge on any atom is -0.748 e. The maximum atomic E-state index is 2.26. The molecule has 2 aromatic carbocycles. The predicted octanol–water partition coefficient (Wildman–Crippen LogP) is 5.84. The Balaban J connectivity index is 0.000000324. The second kappa shape index (κ2) is 10.0. The molecule has 2 unspecified atom stereocenters. The van der Waals surface area contributed by atoms with Crippen molar-refractivity contribution in [3.8, 4) is 0 Å². The summed E-state index contributed by atoms with van der Waals surface area (Å²) in [5.74, 6) is 1.47. The van der Waals surface area contributed by atoms with E-state index in [1.807, 2.05) is 0 Å². The van der Waals surface area contributed by atoms with Crippen LogP contribution in [0.3, 0.4) is 0 Å². The van der Waals surface area contributed by atoms with Crippen molar-refractivity contribution in [3.05, 3.63) is 59.7 Å². The first-order valence-electron chi connectivity index (χ1n) is 7.12. The summed E-state index contributed by atoms with van der Waals surface area (Å²) in [7, 11) is 0. The zero-order chi connectivity index (χ0) is 13.4. The van der Waals surface area contributed by atoms with E-state index in [4.69, 9.17) is 0 Å². The first-order valence-corrected chi connectivity index (χ1v) is 7.12. The molecule has 0 saturated heterocycles. The summed E-state index contributed by atoms with van der Waals surface area (Å²) in [5.41, 5.74) is 2.94. The summed E-state index contributed by atoms with van der Waals surface area (Å²) < 4.78 is 0. The van der Waals surface area contributed by atoms with Crippen LogP contribution in [-0.2, 0) is 16.8 Å². The van der Waals surface area contributed by atoms with Gasteiger partial charge in [-0.05, 0) is 0 Å². The summed E-state index contributed by atoms with van der Waals surface area (Å²) >= 11 is 0. The second-order valence-electron chi connectivity index (χ2n) is 5.06. The fourth-order valence-electron chi connectivity index (χ4n) is 1.91. The molecule has 2 rings (SSSR count). The molecule has 2 aromatic rings. The van der Waals surface area contributed by atoms with Crippen LogP contribution in [0, 0.1) is 0 Å². The topological polar surface area (TPSA) is 0 Å². The van der Waals surface area contributed by atoms with Crippen LogP contribution in [0.1, 0.15) is 63.5 Å². The van der Waals surface area contributed by atoms with Crippen molar-refractivity contribution in [2.75, 3.05) is 0 Å². The van der Waals surface area contributed by atoms with Crippen molar-refractivity contribution in [1.82, 2.24) is 0 Å². The Morgan fingerprint density at radius 2 is 1.37 bits per heavy atom. The summed E-state index contributed by atoms with van der Waals surface area (Å²) in [6.07, 6.45) is 2.48. The SMILES string of the molecule is CCC(C)[c-]1[cH-][cH-][cH-][cH-]1.CCC(C)[c-]1cccc1.[Co]. The van der Waals surface area contributed by atoms with Gasteiger partial charge in [0.25, 0.3) is 0 Å². The maximum Gasteiger partial charge on any atom is 0 e. The van der Waals surface area contributed by atoms with Crippen LogP contribution in [0.4, 0.5) is 0 Å². The molecule has 0 N–H and O–H groups in total. The first-order chi connectivity index (χ1) is 8.69. The molecule has 0 bridgehead atoms. The minimum absolute atomic E-state index is 0. The fraction of sp³-hybridized carbons (Fsp3) is 0.444. The molecule has 113 valence electrons. The molecule has 0 aliphatic heterocycles. The van der Waals surface area contributed by atoms with Gasteiger partial charge in [-0.25, -0.2) is 18.1 Å². The predicted molar refractivity (Wildman–Crippen MR) is 81.5 cm³/mol. The number of rotatable bonds is 4. The van der Waals surface area contributed by atoms with Crippen molar-refractivity contribution in [3.63, 3.8) is 0 Å². The van der Waals surface area contributed by atoms with Crippen molar-refractivity contribution >= 4 is 0 Å². The molecule has 0 fully saturated rings. The van der Waals surface area contributed by atoms with Gasteiger partial charge in [0.1, 0.15) is 0 Å². The van der Waals surface area contributed by atoms with Gasteiger partial charge in [0.05, 0.1) is 0 Å². The largest absolute Gasteiger partial charge is 0.748 e. The smallest absolute Gasteiger partial charge is 0 e. The molecule has 19 heavy (non-hydrogen) atoms. The van der Waals surface area contributed by atoms with Gasteiger partial charge >= 0.3 is 0 Å². The Morgan fingerprint density at radius 3 is 1.79 bits per heavy atom. The summed E-state index contributed by atoms with van der Waals surface area (Å²) in [4.78, 5) is 0. The average Bonchev–Trinajstić information content (AvgIpc) is 3.09. The Kier molecular flexibility index (Phi) is 9.63. The monoisotopic (exact) mass is 301 g/mol. The van der Waals surface area contributed by atoms with E-state index in [1.54, 1.807) is 0 Å². The van der Waals surface area contributed by atoms with Crippen molar-refractivity contribution in [2.45, 2.75) is 52.4 Å². The first kappa shape index (κ1) is 18.2. The average molecular weight is 301 g/mol. The van der Waals surface area contributed by atoms with E-state index in [2.05, 4.69) is 76.2 Å². The second-order valence-corrected chi connectivity index (χ2v) is 5.06. The van der Waals surface area contributed by atoms with E-state index in [0.29, 0.717) is 0 Å². The molecule has 0 saturated carbocycles. The van der Waals surface area contributed by atoms with Gasteiger partial charge < -0.3 is 29.8 Å². The zero-order valence-corrected chi connectivity index (χ0v) is 13.6. The Bertz CT molecular complexity index is 343. The Hall–Kier alpha value is -0.794. The van der Waals surface area contributed by atoms with Crippen LogP contribution in [0.5, 0.6) is 0 Å². The molecule has 0 aliphatic carbocycles. The molecule has 0 aliphatic rings. The molecule has 1 heteroatoms. The normalized spacial score (nSPS) is 12.8. The van der Waals surface area contributed by atoms with Crippen molar-refractivity contribution in [1.29, 1.82) is 0 Å². The molecular formula is C18H26Co-6. The van der Waals surface area contributed by atoms with Gasteiger partial charge in [-0.3, -0.25) is 0 Å². The van der Waals surface area contributed by atoms with Gasteiger partial charge in [0.2, 0.25) is 0 Å². The third-order valence-electron chi connectivity index (χ3n) is 3.74. The summed E-state index contributed by atoms with van der Waals surface area (Å²) in [5, 5.41) is 0. The Labute approximate surface area is 129 Å². The number of hydrogen-bond acceptors (Lipinski definition) is 0. The summed E-state index contributed by atoms with van der Waals surface area (Å²) in [6, 6.07) is 17.1. The quantitative estimate of drug-likeness (QED) is 0.623. The van der Waals surface area contributed by atoms with Gasteiger partial charge in [0, 0.05) is 16.8 Å². The van der Waals surface area contributed by atoms with E-state index in [1.165, 1.54) is 24.0 Å². The van der Waals surface area contributed by atoms with Gasteiger partial charge in [-0.15, -0.1) is 0 Å². The standard InChI is InChI=1S/2C9H13.Co/c2*1-3-8(2)9-6-4-5-7-9;/h2*4-8H,3H2,1-2H3;/q-5;-1;. The van der Waals surface area contributed by atoms with E-state index < -0.39 is 0 Å². The fourth-order valence-corrected chi connectivity index (χ4v) is 1.91. The van der Waals surface area contributed by atoms with Crippen LogP contribution in [0.2, 0.25) is 0 Å². The van der Waals surface area contributed by atoms with E-state index >= 15 is 0 Å². The number of hydrogen-bond donors (Lipinski definition) is 0. The summed E-state index contributed by atoms with van der Waals surface area (Å²) in [6.45, 7) is 8.96. The van der Waals surface area contributed by atoms with Crippen LogP contribution in [-0.4, -0.2) is 0 Å². The minimum atomic E-state index is 0. The molecule has 0 nitrogen and oxygen atoms in total. The molecule has 0 amide bonds. The maximum absolute atomic E-state index is 2.26. The van der Waals surface area contributed by atoms with Gasteiger partial charge in [-0.2, -0.15) is 17.7 Å². The zero-order valence-electron chi connectivity index (χ0n) is 12.5. The van der Waals surface area contributed by atoms with Crippen molar-refractivity contribution < 1.29 is 16.8 Å². The van der Waals surface area contributed by atoms with Crippen LogP contribution in [0.25, 0.3) is 0 Å². The molecule has 1 radical (unpaired) electrons.